The summed E-state index contributed by atoms with van der Waals surface area (Å²) >= 11 is 0. The van der Waals surface area contributed by atoms with Gasteiger partial charge in [-0.1, -0.05) is 50.1 Å². The van der Waals surface area contributed by atoms with Crippen molar-refractivity contribution in [3.8, 4) is 0 Å². The van der Waals surface area contributed by atoms with Crippen molar-refractivity contribution >= 4 is 0 Å². The zero-order valence-corrected chi connectivity index (χ0v) is 11.4. The van der Waals surface area contributed by atoms with Crippen LogP contribution in [0.2, 0.25) is 0 Å². The van der Waals surface area contributed by atoms with Gasteiger partial charge in [-0.2, -0.15) is 0 Å². The third-order valence-corrected chi connectivity index (χ3v) is 4.11. The van der Waals surface area contributed by atoms with E-state index in [4.69, 9.17) is 0 Å². The van der Waals surface area contributed by atoms with Crippen LogP contribution in [0.25, 0.3) is 0 Å². The van der Waals surface area contributed by atoms with Crippen molar-refractivity contribution in [1.29, 1.82) is 0 Å². The molecule has 0 amide bonds. The minimum absolute atomic E-state index is 0.421. The summed E-state index contributed by atoms with van der Waals surface area (Å²) in [6.45, 7) is 4.01. The highest BCUT2D eigenvalue weighted by atomic mass is 16.3. The lowest BCUT2D eigenvalue weighted by molar-refractivity contribution is 0.0478. The molecule has 0 spiro atoms. The molecule has 100 valence electrons. The van der Waals surface area contributed by atoms with Crippen LogP contribution < -0.4 is 5.32 Å². The summed E-state index contributed by atoms with van der Waals surface area (Å²) in [5.74, 6) is 0.580. The molecular weight excluding hydrogens is 222 g/mol. The highest BCUT2D eigenvalue weighted by Gasteiger charge is 2.30. The lowest BCUT2D eigenvalue weighted by Gasteiger charge is -2.23. The molecule has 1 fully saturated rings. The number of hydrogen-bond acceptors (Lipinski definition) is 2. The molecule has 2 heteroatoms. The maximum atomic E-state index is 10.2. The molecule has 1 saturated carbocycles. The number of rotatable bonds is 6. The largest absolute Gasteiger partial charge is 0.389 e. The van der Waals surface area contributed by atoms with E-state index >= 15 is 0 Å². The van der Waals surface area contributed by atoms with Crippen LogP contribution in [0.3, 0.4) is 0 Å². The third kappa shape index (κ3) is 3.82. The molecule has 0 aromatic heterocycles. The van der Waals surface area contributed by atoms with E-state index < -0.39 is 5.60 Å². The van der Waals surface area contributed by atoms with Gasteiger partial charge in [0.05, 0.1) is 5.60 Å². The van der Waals surface area contributed by atoms with Crippen molar-refractivity contribution in [2.75, 3.05) is 13.1 Å². The average molecular weight is 247 g/mol. The van der Waals surface area contributed by atoms with Gasteiger partial charge in [-0.25, -0.2) is 0 Å². The van der Waals surface area contributed by atoms with Crippen molar-refractivity contribution in [2.24, 2.45) is 0 Å². The summed E-state index contributed by atoms with van der Waals surface area (Å²) in [6.07, 6.45) is 5.42. The minimum atomic E-state index is -0.421. The molecule has 2 rings (SSSR count). The summed E-state index contributed by atoms with van der Waals surface area (Å²) in [5, 5.41) is 13.6. The Kier molecular flexibility index (Phi) is 4.79. The van der Waals surface area contributed by atoms with E-state index in [1.54, 1.807) is 0 Å². The normalized spacial score (nSPS) is 19.9. The van der Waals surface area contributed by atoms with E-state index in [9.17, 15) is 5.11 Å². The number of aliphatic hydroxyl groups is 1. The second-order valence-corrected chi connectivity index (χ2v) is 5.71. The van der Waals surface area contributed by atoms with Gasteiger partial charge in [0.25, 0.3) is 0 Å². The maximum absolute atomic E-state index is 10.2. The second kappa shape index (κ2) is 6.35. The van der Waals surface area contributed by atoms with Gasteiger partial charge < -0.3 is 10.4 Å². The third-order valence-electron chi connectivity index (χ3n) is 4.11. The fourth-order valence-corrected chi connectivity index (χ4v) is 2.80. The first-order chi connectivity index (χ1) is 8.70. The van der Waals surface area contributed by atoms with Gasteiger partial charge in [0.1, 0.15) is 0 Å². The Labute approximate surface area is 110 Å². The van der Waals surface area contributed by atoms with E-state index in [1.165, 1.54) is 18.4 Å². The zero-order valence-electron chi connectivity index (χ0n) is 11.4. The van der Waals surface area contributed by atoms with E-state index in [0.717, 1.165) is 32.4 Å². The Balaban J connectivity index is 1.66. The average Bonchev–Trinajstić information content (AvgIpc) is 2.83. The summed E-state index contributed by atoms with van der Waals surface area (Å²) in [4.78, 5) is 0. The Morgan fingerprint density at radius 2 is 1.89 bits per heavy atom. The van der Waals surface area contributed by atoms with Gasteiger partial charge in [0, 0.05) is 6.54 Å². The Bertz CT molecular complexity index is 343. The first kappa shape index (κ1) is 13.6. The molecule has 0 bridgehead atoms. The number of hydrogen-bond donors (Lipinski definition) is 2. The lowest BCUT2D eigenvalue weighted by Crippen LogP contribution is -2.38. The molecule has 2 N–H and O–H groups in total. The summed E-state index contributed by atoms with van der Waals surface area (Å²) in [7, 11) is 0. The summed E-state index contributed by atoms with van der Waals surface area (Å²) in [6, 6.07) is 10.6. The SMILES string of the molecule is CC(CCNCC1(O)CCCC1)c1ccccc1. The van der Waals surface area contributed by atoms with Gasteiger partial charge in [-0.15, -0.1) is 0 Å². The number of nitrogens with one attached hydrogen (secondary N) is 1. The molecule has 1 aromatic rings. The van der Waals surface area contributed by atoms with Gasteiger partial charge in [0.2, 0.25) is 0 Å². The molecule has 1 atom stereocenters. The van der Waals surface area contributed by atoms with E-state index in [0.29, 0.717) is 5.92 Å². The van der Waals surface area contributed by atoms with E-state index in [1.807, 2.05) is 0 Å². The Morgan fingerprint density at radius 3 is 2.56 bits per heavy atom. The van der Waals surface area contributed by atoms with Crippen molar-refractivity contribution < 1.29 is 5.11 Å². The first-order valence-electron chi connectivity index (χ1n) is 7.18. The van der Waals surface area contributed by atoms with Crippen LogP contribution in [0.4, 0.5) is 0 Å². The second-order valence-electron chi connectivity index (χ2n) is 5.71. The standard InChI is InChI=1S/C16H25NO/c1-14(15-7-3-2-4-8-15)9-12-17-13-16(18)10-5-6-11-16/h2-4,7-8,14,17-18H,5-6,9-13H2,1H3. The quantitative estimate of drug-likeness (QED) is 0.757. The van der Waals surface area contributed by atoms with E-state index in [2.05, 4.69) is 42.6 Å². The molecule has 1 aromatic carbocycles. The smallest absolute Gasteiger partial charge is 0.0771 e. The van der Waals surface area contributed by atoms with Crippen LogP contribution in [0.5, 0.6) is 0 Å². The number of benzene rings is 1. The molecule has 0 aliphatic heterocycles. The fourth-order valence-electron chi connectivity index (χ4n) is 2.80. The van der Waals surface area contributed by atoms with Crippen LogP contribution in [0.15, 0.2) is 30.3 Å². The van der Waals surface area contributed by atoms with Gasteiger partial charge in [0.15, 0.2) is 0 Å². The molecular formula is C16H25NO. The van der Waals surface area contributed by atoms with Gasteiger partial charge in [-0.05, 0) is 37.3 Å². The molecule has 0 radical (unpaired) electrons. The Hall–Kier alpha value is -0.860. The predicted octanol–water partition coefficient (Wildman–Crippen LogP) is 3.07. The molecule has 18 heavy (non-hydrogen) atoms. The fraction of sp³-hybridized carbons (Fsp3) is 0.625. The molecule has 0 saturated heterocycles. The van der Waals surface area contributed by atoms with Crippen LogP contribution in [0, 0.1) is 0 Å². The topological polar surface area (TPSA) is 32.3 Å². The maximum Gasteiger partial charge on any atom is 0.0771 e. The van der Waals surface area contributed by atoms with Crippen LogP contribution in [-0.2, 0) is 0 Å². The highest BCUT2D eigenvalue weighted by Crippen LogP contribution is 2.28. The van der Waals surface area contributed by atoms with Crippen LogP contribution in [0.1, 0.15) is 50.5 Å². The van der Waals surface area contributed by atoms with Crippen LogP contribution >= 0.6 is 0 Å². The van der Waals surface area contributed by atoms with Crippen molar-refractivity contribution in [2.45, 2.75) is 50.5 Å². The summed E-state index contributed by atoms with van der Waals surface area (Å²) in [5.41, 5.74) is 0.981. The zero-order chi connectivity index (χ0) is 12.8. The van der Waals surface area contributed by atoms with Crippen molar-refractivity contribution in [3.05, 3.63) is 35.9 Å². The van der Waals surface area contributed by atoms with Crippen LogP contribution in [-0.4, -0.2) is 23.8 Å². The van der Waals surface area contributed by atoms with Crippen molar-refractivity contribution in [1.82, 2.24) is 5.32 Å². The van der Waals surface area contributed by atoms with Gasteiger partial charge in [-0.3, -0.25) is 0 Å². The molecule has 1 aliphatic rings. The molecule has 1 unspecified atom stereocenters. The molecule has 1 aliphatic carbocycles. The Morgan fingerprint density at radius 1 is 1.22 bits per heavy atom. The monoisotopic (exact) mass is 247 g/mol. The van der Waals surface area contributed by atoms with Gasteiger partial charge >= 0.3 is 0 Å². The summed E-state index contributed by atoms with van der Waals surface area (Å²) < 4.78 is 0. The minimum Gasteiger partial charge on any atom is -0.389 e. The lowest BCUT2D eigenvalue weighted by atomic mass is 9.97. The highest BCUT2D eigenvalue weighted by molar-refractivity contribution is 5.18. The predicted molar refractivity (Wildman–Crippen MR) is 75.8 cm³/mol. The van der Waals surface area contributed by atoms with Crippen molar-refractivity contribution in [3.63, 3.8) is 0 Å². The van der Waals surface area contributed by atoms with E-state index in [-0.39, 0.29) is 0 Å². The molecule has 0 heterocycles. The molecule has 2 nitrogen and oxygen atoms in total. The first-order valence-corrected chi connectivity index (χ1v) is 7.18.